The highest BCUT2D eigenvalue weighted by molar-refractivity contribution is 5.53. The molecule has 0 aromatic heterocycles. The van der Waals surface area contributed by atoms with Crippen molar-refractivity contribution in [2.24, 2.45) is 0 Å². The van der Waals surface area contributed by atoms with Crippen LogP contribution in [0.2, 0.25) is 0 Å². The van der Waals surface area contributed by atoms with Crippen LogP contribution < -0.4 is 5.32 Å². The Labute approximate surface area is 122 Å². The van der Waals surface area contributed by atoms with E-state index in [1.54, 1.807) is 0 Å². The van der Waals surface area contributed by atoms with Crippen LogP contribution in [0.25, 0.3) is 0 Å². The predicted molar refractivity (Wildman–Crippen MR) is 83.7 cm³/mol. The number of anilines is 1. The lowest BCUT2D eigenvalue weighted by Gasteiger charge is -2.28. The van der Waals surface area contributed by atoms with Gasteiger partial charge >= 0.3 is 0 Å². The van der Waals surface area contributed by atoms with Gasteiger partial charge in [0.15, 0.2) is 0 Å². The molecule has 0 spiro atoms. The Hall–Kier alpha value is -1.53. The van der Waals surface area contributed by atoms with Crippen LogP contribution in [0.5, 0.6) is 0 Å². The van der Waals surface area contributed by atoms with Gasteiger partial charge in [-0.3, -0.25) is 0 Å². The third kappa shape index (κ3) is 3.52. The van der Waals surface area contributed by atoms with Gasteiger partial charge in [-0.1, -0.05) is 25.1 Å². The molecule has 1 aliphatic rings. The van der Waals surface area contributed by atoms with Crippen LogP contribution in [0.4, 0.5) is 5.69 Å². The van der Waals surface area contributed by atoms with Crippen molar-refractivity contribution in [2.75, 3.05) is 25.0 Å². The van der Waals surface area contributed by atoms with Crippen molar-refractivity contribution in [3.8, 4) is 6.07 Å². The van der Waals surface area contributed by atoms with Gasteiger partial charge in [0.05, 0.1) is 6.07 Å². The van der Waals surface area contributed by atoms with Crippen molar-refractivity contribution in [1.82, 2.24) is 4.90 Å². The van der Waals surface area contributed by atoms with Gasteiger partial charge in [0.2, 0.25) is 0 Å². The number of nitriles is 1. The van der Waals surface area contributed by atoms with Crippen molar-refractivity contribution in [3.05, 3.63) is 29.8 Å². The summed E-state index contributed by atoms with van der Waals surface area (Å²) in [5, 5.41) is 13.2. The molecule has 3 nitrogen and oxygen atoms in total. The summed E-state index contributed by atoms with van der Waals surface area (Å²) in [6.07, 6.45) is 4.10. The van der Waals surface area contributed by atoms with Crippen molar-refractivity contribution >= 4 is 5.69 Å². The first kappa shape index (κ1) is 14.9. The Morgan fingerprint density at radius 2 is 2.10 bits per heavy atom. The van der Waals surface area contributed by atoms with Gasteiger partial charge in [0.1, 0.15) is 5.54 Å². The van der Waals surface area contributed by atoms with Crippen LogP contribution in [0.15, 0.2) is 24.3 Å². The number of benzene rings is 1. The van der Waals surface area contributed by atoms with E-state index in [-0.39, 0.29) is 0 Å². The molecule has 2 rings (SSSR count). The summed E-state index contributed by atoms with van der Waals surface area (Å²) in [4.78, 5) is 2.48. The van der Waals surface area contributed by atoms with Gasteiger partial charge in [0.25, 0.3) is 0 Å². The summed E-state index contributed by atoms with van der Waals surface area (Å²) >= 11 is 0. The summed E-state index contributed by atoms with van der Waals surface area (Å²) < 4.78 is 0. The minimum absolute atomic E-state index is 0.408. The molecule has 1 unspecified atom stereocenters. The third-order valence-corrected chi connectivity index (χ3v) is 4.21. The van der Waals surface area contributed by atoms with Crippen LogP contribution in [0.3, 0.4) is 0 Å². The molecule has 1 saturated heterocycles. The van der Waals surface area contributed by atoms with E-state index in [2.05, 4.69) is 42.3 Å². The number of hydrogen-bond acceptors (Lipinski definition) is 3. The molecule has 108 valence electrons. The highest BCUT2D eigenvalue weighted by atomic mass is 15.1. The summed E-state index contributed by atoms with van der Waals surface area (Å²) in [6, 6.07) is 10.8. The Morgan fingerprint density at radius 1 is 1.30 bits per heavy atom. The predicted octanol–water partition coefficient (Wildman–Crippen LogP) is 3.57. The molecule has 0 radical (unpaired) electrons. The molecular formula is C17H25N3. The molecule has 1 aromatic carbocycles. The number of likely N-dealkylation sites (tertiary alicyclic amines) is 1. The van der Waals surface area contributed by atoms with Crippen molar-refractivity contribution in [1.29, 1.82) is 5.26 Å². The zero-order chi connectivity index (χ0) is 14.4. The lowest BCUT2D eigenvalue weighted by molar-refractivity contribution is 0.283. The fourth-order valence-electron chi connectivity index (χ4n) is 2.97. The van der Waals surface area contributed by atoms with E-state index in [4.69, 9.17) is 0 Å². The quantitative estimate of drug-likeness (QED) is 0.910. The second-order valence-electron chi connectivity index (χ2n) is 5.83. The fraction of sp³-hybridized carbons (Fsp3) is 0.588. The lowest BCUT2D eigenvalue weighted by atomic mass is 9.91. The number of hydrogen-bond donors (Lipinski definition) is 1. The second kappa shape index (κ2) is 6.76. The zero-order valence-corrected chi connectivity index (χ0v) is 12.7. The normalized spacial score (nSPS) is 23.9. The molecular weight excluding hydrogens is 246 g/mol. The van der Waals surface area contributed by atoms with Crippen LogP contribution in [-0.2, 0) is 0 Å². The standard InChI is InChI=1S/C17H25N3/c1-3-11-20-12-6-9-17(14-18,10-13-20)19-16-8-5-4-7-15(16)2/h4-5,7-8,19H,3,6,9-13H2,1-2H3. The highest BCUT2D eigenvalue weighted by Crippen LogP contribution is 2.28. The second-order valence-corrected chi connectivity index (χ2v) is 5.83. The smallest absolute Gasteiger partial charge is 0.126 e. The lowest BCUT2D eigenvalue weighted by Crippen LogP contribution is -2.38. The number of nitrogens with zero attached hydrogens (tertiary/aromatic N) is 2. The number of nitrogens with one attached hydrogen (secondary N) is 1. The fourth-order valence-corrected chi connectivity index (χ4v) is 2.97. The molecule has 1 atom stereocenters. The van der Waals surface area contributed by atoms with E-state index in [1.165, 1.54) is 12.0 Å². The van der Waals surface area contributed by atoms with Gasteiger partial charge in [-0.25, -0.2) is 0 Å². The van der Waals surface area contributed by atoms with Gasteiger partial charge in [-0.15, -0.1) is 0 Å². The molecule has 1 N–H and O–H groups in total. The molecule has 1 aliphatic heterocycles. The van der Waals surface area contributed by atoms with Gasteiger partial charge in [-0.2, -0.15) is 5.26 Å². The van der Waals surface area contributed by atoms with E-state index in [0.717, 1.165) is 44.6 Å². The van der Waals surface area contributed by atoms with Crippen molar-refractivity contribution < 1.29 is 0 Å². The van der Waals surface area contributed by atoms with Gasteiger partial charge in [0, 0.05) is 12.2 Å². The van der Waals surface area contributed by atoms with E-state index in [9.17, 15) is 5.26 Å². The first-order valence-electron chi connectivity index (χ1n) is 7.66. The first-order chi connectivity index (χ1) is 9.69. The summed E-state index contributed by atoms with van der Waals surface area (Å²) in [5.41, 5.74) is 1.89. The number of para-hydroxylation sites is 1. The van der Waals surface area contributed by atoms with Crippen LogP contribution in [0.1, 0.15) is 38.2 Å². The average Bonchev–Trinajstić information content (AvgIpc) is 2.66. The maximum absolute atomic E-state index is 9.70. The Morgan fingerprint density at radius 3 is 2.80 bits per heavy atom. The zero-order valence-electron chi connectivity index (χ0n) is 12.7. The molecule has 20 heavy (non-hydrogen) atoms. The van der Waals surface area contributed by atoms with E-state index in [1.807, 2.05) is 12.1 Å². The van der Waals surface area contributed by atoms with Crippen LogP contribution >= 0.6 is 0 Å². The minimum Gasteiger partial charge on any atom is -0.367 e. The Kier molecular flexibility index (Phi) is 5.03. The molecule has 1 fully saturated rings. The van der Waals surface area contributed by atoms with E-state index in [0.29, 0.717) is 0 Å². The maximum atomic E-state index is 9.70. The molecule has 0 aliphatic carbocycles. The topological polar surface area (TPSA) is 39.1 Å². The molecule has 1 aromatic rings. The number of aryl methyl sites for hydroxylation is 1. The van der Waals surface area contributed by atoms with Crippen molar-refractivity contribution in [3.63, 3.8) is 0 Å². The van der Waals surface area contributed by atoms with Crippen LogP contribution in [-0.4, -0.2) is 30.1 Å². The Bertz CT molecular complexity index is 477. The monoisotopic (exact) mass is 271 g/mol. The largest absolute Gasteiger partial charge is 0.367 e. The third-order valence-electron chi connectivity index (χ3n) is 4.21. The van der Waals surface area contributed by atoms with E-state index < -0.39 is 5.54 Å². The molecule has 0 bridgehead atoms. The van der Waals surface area contributed by atoms with Gasteiger partial charge in [-0.05, 0) is 57.3 Å². The molecule has 0 saturated carbocycles. The summed E-state index contributed by atoms with van der Waals surface area (Å²) in [7, 11) is 0. The Balaban J connectivity index is 2.10. The van der Waals surface area contributed by atoms with Crippen LogP contribution in [0, 0.1) is 18.3 Å². The molecule has 1 heterocycles. The number of rotatable bonds is 4. The summed E-state index contributed by atoms with van der Waals surface area (Å²) in [6.45, 7) is 7.58. The first-order valence-corrected chi connectivity index (χ1v) is 7.66. The van der Waals surface area contributed by atoms with E-state index >= 15 is 0 Å². The van der Waals surface area contributed by atoms with Gasteiger partial charge < -0.3 is 10.2 Å². The molecule has 3 heteroatoms. The average molecular weight is 271 g/mol. The molecule has 0 amide bonds. The highest BCUT2D eigenvalue weighted by Gasteiger charge is 2.32. The summed E-state index contributed by atoms with van der Waals surface area (Å²) in [5.74, 6) is 0. The van der Waals surface area contributed by atoms with Crippen molar-refractivity contribution in [2.45, 2.75) is 45.1 Å². The minimum atomic E-state index is -0.408. The maximum Gasteiger partial charge on any atom is 0.126 e. The SMILES string of the molecule is CCCN1CCCC(C#N)(Nc2ccccc2C)CC1.